The standard InChI is InChI=1S/C20H13F3N2O/c21-20(22,23)18-13(12-26-14-6-2-1-3-7-14)10-25-19-15-8-4-5-9-17(15)24-11-16(18)19/h1-11H,12H2. The Morgan fingerprint density at radius 1 is 0.808 bits per heavy atom. The van der Waals surface area contributed by atoms with Crippen LogP contribution in [0.1, 0.15) is 11.1 Å². The van der Waals surface area contributed by atoms with Gasteiger partial charge in [-0.25, -0.2) is 0 Å². The van der Waals surface area contributed by atoms with Crippen LogP contribution in [0.3, 0.4) is 0 Å². The zero-order valence-electron chi connectivity index (χ0n) is 13.5. The summed E-state index contributed by atoms with van der Waals surface area (Å²) in [4.78, 5) is 8.44. The molecular formula is C20H13F3N2O. The van der Waals surface area contributed by atoms with E-state index in [4.69, 9.17) is 4.74 Å². The van der Waals surface area contributed by atoms with Crippen LogP contribution in [0.5, 0.6) is 5.75 Å². The second-order valence-corrected chi connectivity index (χ2v) is 5.80. The topological polar surface area (TPSA) is 35.0 Å². The third-order valence-corrected chi connectivity index (χ3v) is 4.11. The summed E-state index contributed by atoms with van der Waals surface area (Å²) in [5.74, 6) is 0.498. The molecule has 0 aliphatic heterocycles. The Labute approximate surface area is 147 Å². The molecule has 0 N–H and O–H groups in total. The molecule has 0 amide bonds. The normalized spacial score (nSPS) is 11.8. The SMILES string of the molecule is FC(F)(F)c1c(COc2ccccc2)cnc2c1cnc1ccccc12. The molecule has 0 atom stereocenters. The molecule has 0 aliphatic carbocycles. The predicted molar refractivity (Wildman–Crippen MR) is 92.8 cm³/mol. The van der Waals surface area contributed by atoms with Gasteiger partial charge in [0.05, 0.1) is 16.6 Å². The van der Waals surface area contributed by atoms with Gasteiger partial charge in [0.25, 0.3) is 0 Å². The van der Waals surface area contributed by atoms with Crippen molar-refractivity contribution in [1.82, 2.24) is 9.97 Å². The summed E-state index contributed by atoms with van der Waals surface area (Å²) >= 11 is 0. The predicted octanol–water partition coefficient (Wildman–Crippen LogP) is 5.38. The Balaban J connectivity index is 1.86. The van der Waals surface area contributed by atoms with Gasteiger partial charge in [0.2, 0.25) is 0 Å². The van der Waals surface area contributed by atoms with Gasteiger partial charge in [-0.1, -0.05) is 36.4 Å². The van der Waals surface area contributed by atoms with Crippen molar-refractivity contribution in [3.05, 3.63) is 78.1 Å². The Kier molecular flexibility index (Phi) is 3.95. The zero-order chi connectivity index (χ0) is 18.1. The van der Waals surface area contributed by atoms with Gasteiger partial charge >= 0.3 is 6.18 Å². The second kappa shape index (κ2) is 6.29. The molecule has 130 valence electrons. The first kappa shape index (κ1) is 16.3. The number of nitrogens with zero attached hydrogens (tertiary/aromatic N) is 2. The lowest BCUT2D eigenvalue weighted by Crippen LogP contribution is -2.13. The Morgan fingerprint density at radius 2 is 1.54 bits per heavy atom. The van der Waals surface area contributed by atoms with Gasteiger partial charge in [-0.15, -0.1) is 0 Å². The van der Waals surface area contributed by atoms with Gasteiger partial charge in [-0.2, -0.15) is 13.2 Å². The lowest BCUT2D eigenvalue weighted by Gasteiger charge is -2.16. The number of hydrogen-bond acceptors (Lipinski definition) is 3. The average Bonchev–Trinajstić information content (AvgIpc) is 2.65. The summed E-state index contributed by atoms with van der Waals surface area (Å²) in [5.41, 5.74) is 0.114. The van der Waals surface area contributed by atoms with Crippen LogP contribution < -0.4 is 4.74 Å². The highest BCUT2D eigenvalue weighted by atomic mass is 19.4. The van der Waals surface area contributed by atoms with Gasteiger partial charge < -0.3 is 4.74 Å². The Hall–Kier alpha value is -3.15. The smallest absolute Gasteiger partial charge is 0.417 e. The number of benzene rings is 2. The van der Waals surface area contributed by atoms with Crippen LogP contribution in [0.25, 0.3) is 21.8 Å². The number of halogens is 3. The average molecular weight is 354 g/mol. The van der Waals surface area contributed by atoms with E-state index in [2.05, 4.69) is 9.97 Å². The van der Waals surface area contributed by atoms with Crippen LogP contribution in [0, 0.1) is 0 Å². The molecule has 0 aliphatic rings. The number of pyridine rings is 2. The van der Waals surface area contributed by atoms with Gasteiger partial charge in [0, 0.05) is 28.7 Å². The van der Waals surface area contributed by atoms with Gasteiger partial charge in [-0.05, 0) is 18.2 Å². The van der Waals surface area contributed by atoms with Crippen LogP contribution in [0.15, 0.2) is 67.0 Å². The van der Waals surface area contributed by atoms with Crippen LogP contribution >= 0.6 is 0 Å². The molecule has 6 heteroatoms. The fraction of sp³-hybridized carbons (Fsp3) is 0.100. The number of para-hydroxylation sites is 2. The number of ether oxygens (including phenoxy) is 1. The van der Waals surface area contributed by atoms with E-state index in [0.717, 1.165) is 0 Å². The summed E-state index contributed by atoms with van der Waals surface area (Å²) in [6.07, 6.45) is -2.07. The minimum absolute atomic E-state index is 0.0223. The molecule has 4 rings (SSSR count). The van der Waals surface area contributed by atoms with Crippen molar-refractivity contribution in [2.45, 2.75) is 12.8 Å². The third kappa shape index (κ3) is 2.94. The van der Waals surface area contributed by atoms with E-state index in [1.165, 1.54) is 12.4 Å². The molecule has 0 spiro atoms. The van der Waals surface area contributed by atoms with Crippen molar-refractivity contribution >= 4 is 21.8 Å². The van der Waals surface area contributed by atoms with Crippen LogP contribution in [0.2, 0.25) is 0 Å². The van der Waals surface area contributed by atoms with E-state index >= 15 is 0 Å². The summed E-state index contributed by atoms with van der Waals surface area (Å²) < 4.78 is 46.9. The van der Waals surface area contributed by atoms with E-state index in [9.17, 15) is 13.2 Å². The molecule has 0 bridgehead atoms. The largest absolute Gasteiger partial charge is 0.489 e. The minimum atomic E-state index is -4.54. The van der Waals surface area contributed by atoms with Gasteiger partial charge in [0.15, 0.2) is 0 Å². The number of aromatic nitrogens is 2. The van der Waals surface area contributed by atoms with E-state index in [0.29, 0.717) is 16.7 Å². The fourth-order valence-electron chi connectivity index (χ4n) is 2.95. The van der Waals surface area contributed by atoms with E-state index in [1.54, 1.807) is 48.5 Å². The first-order chi connectivity index (χ1) is 12.5. The van der Waals surface area contributed by atoms with Crippen molar-refractivity contribution in [3.63, 3.8) is 0 Å². The highest BCUT2D eigenvalue weighted by Crippen LogP contribution is 2.38. The molecule has 2 aromatic heterocycles. The Bertz CT molecular complexity index is 1080. The maximum absolute atomic E-state index is 13.8. The molecule has 2 heterocycles. The molecule has 0 unspecified atom stereocenters. The number of hydrogen-bond donors (Lipinski definition) is 0. The summed E-state index contributed by atoms with van der Waals surface area (Å²) in [6.45, 7) is -0.228. The maximum atomic E-state index is 13.8. The third-order valence-electron chi connectivity index (χ3n) is 4.11. The minimum Gasteiger partial charge on any atom is -0.489 e. The van der Waals surface area contributed by atoms with Gasteiger partial charge in [0.1, 0.15) is 12.4 Å². The van der Waals surface area contributed by atoms with E-state index in [1.807, 2.05) is 6.07 Å². The van der Waals surface area contributed by atoms with E-state index in [-0.39, 0.29) is 23.1 Å². The first-order valence-corrected chi connectivity index (χ1v) is 7.94. The number of rotatable bonds is 3. The monoisotopic (exact) mass is 354 g/mol. The molecule has 3 nitrogen and oxygen atoms in total. The summed E-state index contributed by atoms with van der Waals surface area (Å²) in [7, 11) is 0. The molecule has 0 fully saturated rings. The highest BCUT2D eigenvalue weighted by molar-refractivity contribution is 6.04. The van der Waals surface area contributed by atoms with Crippen LogP contribution in [-0.4, -0.2) is 9.97 Å². The lowest BCUT2D eigenvalue weighted by molar-refractivity contribution is -0.137. The van der Waals surface area contributed by atoms with Crippen LogP contribution in [0.4, 0.5) is 13.2 Å². The number of alkyl halides is 3. The lowest BCUT2D eigenvalue weighted by atomic mass is 10.0. The van der Waals surface area contributed by atoms with Gasteiger partial charge in [-0.3, -0.25) is 9.97 Å². The summed E-state index contributed by atoms with van der Waals surface area (Å²) in [5, 5.41) is 0.566. The molecule has 26 heavy (non-hydrogen) atoms. The first-order valence-electron chi connectivity index (χ1n) is 7.94. The van der Waals surface area contributed by atoms with Crippen molar-refractivity contribution in [1.29, 1.82) is 0 Å². The molecule has 2 aromatic carbocycles. The zero-order valence-corrected chi connectivity index (χ0v) is 13.5. The number of fused-ring (bicyclic) bond motifs is 3. The van der Waals surface area contributed by atoms with Crippen molar-refractivity contribution in [2.24, 2.45) is 0 Å². The molecular weight excluding hydrogens is 341 g/mol. The molecule has 4 aromatic rings. The van der Waals surface area contributed by atoms with Crippen molar-refractivity contribution < 1.29 is 17.9 Å². The summed E-state index contributed by atoms with van der Waals surface area (Å²) in [6, 6.07) is 15.7. The molecule has 0 radical (unpaired) electrons. The molecule has 0 saturated heterocycles. The van der Waals surface area contributed by atoms with Crippen molar-refractivity contribution in [3.8, 4) is 5.75 Å². The van der Waals surface area contributed by atoms with E-state index < -0.39 is 11.7 Å². The highest BCUT2D eigenvalue weighted by Gasteiger charge is 2.36. The fourth-order valence-corrected chi connectivity index (χ4v) is 2.95. The maximum Gasteiger partial charge on any atom is 0.417 e. The van der Waals surface area contributed by atoms with Crippen LogP contribution in [-0.2, 0) is 12.8 Å². The molecule has 0 saturated carbocycles. The van der Waals surface area contributed by atoms with Crippen molar-refractivity contribution in [2.75, 3.05) is 0 Å². The quantitative estimate of drug-likeness (QED) is 0.463. The second-order valence-electron chi connectivity index (χ2n) is 5.80. The Morgan fingerprint density at radius 3 is 2.31 bits per heavy atom.